The van der Waals surface area contributed by atoms with E-state index < -0.39 is 5.97 Å². The Labute approximate surface area is 139 Å². The molecule has 1 unspecified atom stereocenters. The number of hydrogen-bond donors (Lipinski definition) is 0. The van der Waals surface area contributed by atoms with Crippen molar-refractivity contribution < 1.29 is 14.7 Å². The van der Waals surface area contributed by atoms with Crippen LogP contribution in [0.5, 0.6) is 0 Å². The lowest BCUT2D eigenvalue weighted by atomic mass is 9.72. The smallest absolute Gasteiger partial charge is 0.158 e. The van der Waals surface area contributed by atoms with Crippen molar-refractivity contribution in [1.29, 1.82) is 0 Å². The first-order valence-electron chi connectivity index (χ1n) is 8.11. The van der Waals surface area contributed by atoms with Crippen LogP contribution >= 0.6 is 0 Å². The molecule has 0 N–H and O–H groups in total. The Morgan fingerprint density at radius 3 is 2.65 bits per heavy atom. The maximum atomic E-state index is 11.9. The minimum atomic E-state index is -1.03. The van der Waals surface area contributed by atoms with Crippen molar-refractivity contribution >= 4 is 11.8 Å². The first-order chi connectivity index (χ1) is 10.6. The van der Waals surface area contributed by atoms with Crippen LogP contribution in [0.3, 0.4) is 0 Å². The van der Waals surface area contributed by atoms with E-state index in [4.69, 9.17) is 0 Å². The van der Waals surface area contributed by atoms with E-state index >= 15 is 0 Å². The third-order valence-electron chi connectivity index (χ3n) is 4.33. The fourth-order valence-electron chi connectivity index (χ4n) is 2.75. The van der Waals surface area contributed by atoms with Crippen LogP contribution in [0, 0.1) is 11.3 Å². The predicted octanol–water partition coefficient (Wildman–Crippen LogP) is 3.53. The van der Waals surface area contributed by atoms with E-state index in [1.165, 1.54) is 0 Å². The standard InChI is InChI=1S/C20H28O3/c1-14(7-6-8-15(2)13-19(22)23)9-10-17-16(3)18(21)11-12-20(17,4)5/h6-10,15H,11-13H2,1-5H3,(H,22,23)/p-1/b8-6+,10-9+,14-7+. The predicted molar refractivity (Wildman–Crippen MR) is 91.5 cm³/mol. The lowest BCUT2D eigenvalue weighted by molar-refractivity contribution is -0.306. The quantitative estimate of drug-likeness (QED) is 0.705. The maximum Gasteiger partial charge on any atom is 0.158 e. The van der Waals surface area contributed by atoms with Gasteiger partial charge >= 0.3 is 0 Å². The van der Waals surface area contributed by atoms with Crippen LogP contribution in [0.4, 0.5) is 0 Å². The van der Waals surface area contributed by atoms with Gasteiger partial charge in [0.25, 0.3) is 0 Å². The Hall–Kier alpha value is -1.90. The minimum Gasteiger partial charge on any atom is -0.550 e. The van der Waals surface area contributed by atoms with Crippen LogP contribution in [-0.2, 0) is 9.59 Å². The van der Waals surface area contributed by atoms with Crippen LogP contribution in [0.15, 0.2) is 47.1 Å². The Kier molecular flexibility index (Phi) is 6.74. The van der Waals surface area contributed by atoms with Gasteiger partial charge in [0.2, 0.25) is 0 Å². The largest absolute Gasteiger partial charge is 0.550 e. The van der Waals surface area contributed by atoms with Crippen LogP contribution in [0.25, 0.3) is 0 Å². The summed E-state index contributed by atoms with van der Waals surface area (Å²) in [5, 5.41) is 10.5. The van der Waals surface area contributed by atoms with Gasteiger partial charge in [-0.25, -0.2) is 0 Å². The van der Waals surface area contributed by atoms with E-state index in [2.05, 4.69) is 13.8 Å². The summed E-state index contributed by atoms with van der Waals surface area (Å²) in [5.74, 6) is -0.844. The minimum absolute atomic E-state index is 0.0214. The third kappa shape index (κ3) is 6.01. The van der Waals surface area contributed by atoms with Gasteiger partial charge in [0, 0.05) is 12.4 Å². The SMILES string of the molecule is CC1=C(/C=C/C(C)=C/C=C/C(C)CC(=O)[O-])C(C)(C)CCC1=O. The van der Waals surface area contributed by atoms with Gasteiger partial charge in [-0.2, -0.15) is 0 Å². The number of carbonyl (C=O) groups is 2. The fraction of sp³-hybridized carbons (Fsp3) is 0.500. The van der Waals surface area contributed by atoms with Crippen molar-refractivity contribution in [2.24, 2.45) is 11.3 Å². The summed E-state index contributed by atoms with van der Waals surface area (Å²) in [6.45, 7) is 10.1. The maximum absolute atomic E-state index is 11.9. The van der Waals surface area contributed by atoms with E-state index in [0.717, 1.165) is 23.1 Å². The second-order valence-corrected chi connectivity index (χ2v) is 7.03. The Morgan fingerprint density at radius 2 is 2.04 bits per heavy atom. The van der Waals surface area contributed by atoms with Gasteiger partial charge in [-0.3, -0.25) is 4.79 Å². The van der Waals surface area contributed by atoms with Crippen molar-refractivity contribution in [3.05, 3.63) is 47.1 Å². The summed E-state index contributed by atoms with van der Waals surface area (Å²) >= 11 is 0. The lowest BCUT2D eigenvalue weighted by Gasteiger charge is -2.32. The number of Topliss-reactive ketones (excluding diaryl/α,β-unsaturated/α-hetero) is 1. The molecule has 1 rings (SSSR count). The van der Waals surface area contributed by atoms with Gasteiger partial charge < -0.3 is 9.90 Å². The monoisotopic (exact) mass is 315 g/mol. The molecule has 3 nitrogen and oxygen atoms in total. The van der Waals surface area contributed by atoms with Gasteiger partial charge in [-0.15, -0.1) is 0 Å². The van der Waals surface area contributed by atoms with E-state index in [0.29, 0.717) is 6.42 Å². The molecule has 0 spiro atoms. The van der Waals surface area contributed by atoms with Crippen LogP contribution < -0.4 is 5.11 Å². The van der Waals surface area contributed by atoms with E-state index in [1.54, 1.807) is 0 Å². The number of carboxylic acid groups (broad SMARTS) is 1. The van der Waals surface area contributed by atoms with E-state index in [1.807, 2.05) is 51.2 Å². The summed E-state index contributed by atoms with van der Waals surface area (Å²) in [6, 6.07) is 0. The second kappa shape index (κ2) is 8.09. The number of carboxylic acids is 1. The molecule has 0 aromatic carbocycles. The fourth-order valence-corrected chi connectivity index (χ4v) is 2.75. The molecule has 1 atom stereocenters. The molecule has 0 aliphatic heterocycles. The van der Waals surface area contributed by atoms with Crippen molar-refractivity contribution in [3.63, 3.8) is 0 Å². The molecule has 0 aromatic rings. The van der Waals surface area contributed by atoms with Crippen LogP contribution in [0.1, 0.15) is 53.9 Å². The molecule has 0 amide bonds. The van der Waals surface area contributed by atoms with Crippen LogP contribution in [0.2, 0.25) is 0 Å². The molecule has 3 heteroatoms. The van der Waals surface area contributed by atoms with Crippen molar-refractivity contribution in [2.75, 3.05) is 0 Å². The molecule has 1 aliphatic carbocycles. The van der Waals surface area contributed by atoms with Gasteiger partial charge in [-0.1, -0.05) is 56.7 Å². The topological polar surface area (TPSA) is 57.2 Å². The second-order valence-electron chi connectivity index (χ2n) is 7.03. The van der Waals surface area contributed by atoms with Gasteiger partial charge in [0.05, 0.1) is 0 Å². The summed E-state index contributed by atoms with van der Waals surface area (Å²) in [4.78, 5) is 22.4. The average molecular weight is 315 g/mol. The number of ketones is 1. The number of carbonyl (C=O) groups excluding carboxylic acids is 2. The highest BCUT2D eigenvalue weighted by Gasteiger charge is 2.30. The Morgan fingerprint density at radius 1 is 1.39 bits per heavy atom. The zero-order valence-corrected chi connectivity index (χ0v) is 14.8. The van der Waals surface area contributed by atoms with E-state index in [-0.39, 0.29) is 23.5 Å². The highest BCUT2D eigenvalue weighted by atomic mass is 16.4. The van der Waals surface area contributed by atoms with E-state index in [9.17, 15) is 14.7 Å². The summed E-state index contributed by atoms with van der Waals surface area (Å²) in [6.07, 6.45) is 11.2. The van der Waals surface area contributed by atoms with Gasteiger partial charge in [-0.05, 0) is 49.2 Å². The third-order valence-corrected chi connectivity index (χ3v) is 4.33. The Balaban J connectivity index is 2.81. The summed E-state index contributed by atoms with van der Waals surface area (Å²) in [5.41, 5.74) is 3.04. The Bertz CT molecular complexity index is 586. The summed E-state index contributed by atoms with van der Waals surface area (Å²) < 4.78 is 0. The molecule has 0 saturated carbocycles. The zero-order chi connectivity index (χ0) is 17.6. The van der Waals surface area contributed by atoms with Crippen molar-refractivity contribution in [3.8, 4) is 0 Å². The van der Waals surface area contributed by atoms with Crippen molar-refractivity contribution in [2.45, 2.75) is 53.9 Å². The number of rotatable bonds is 6. The molecule has 0 heterocycles. The molecule has 0 fully saturated rings. The highest BCUT2D eigenvalue weighted by Crippen LogP contribution is 2.39. The zero-order valence-electron chi connectivity index (χ0n) is 14.8. The molecule has 0 saturated heterocycles. The molecule has 1 aliphatic rings. The molecule has 0 bridgehead atoms. The number of aliphatic carboxylic acids is 1. The average Bonchev–Trinajstić information content (AvgIpc) is 2.42. The molecule has 126 valence electrons. The van der Waals surface area contributed by atoms with Gasteiger partial charge in [0.15, 0.2) is 5.78 Å². The van der Waals surface area contributed by atoms with Gasteiger partial charge in [0.1, 0.15) is 0 Å². The summed E-state index contributed by atoms with van der Waals surface area (Å²) in [7, 11) is 0. The molecular formula is C20H27O3-. The van der Waals surface area contributed by atoms with Crippen LogP contribution in [-0.4, -0.2) is 11.8 Å². The number of hydrogen-bond acceptors (Lipinski definition) is 3. The molecule has 0 radical (unpaired) electrons. The molecular weight excluding hydrogens is 288 g/mol. The number of allylic oxidation sites excluding steroid dienone is 8. The first-order valence-corrected chi connectivity index (χ1v) is 8.11. The highest BCUT2D eigenvalue weighted by molar-refractivity contribution is 5.97. The normalized spacial score (nSPS) is 20.6. The van der Waals surface area contributed by atoms with Crippen molar-refractivity contribution in [1.82, 2.24) is 0 Å². The lowest BCUT2D eigenvalue weighted by Crippen LogP contribution is -2.24. The molecule has 23 heavy (non-hydrogen) atoms. The first kappa shape index (κ1) is 19.1. The molecule has 0 aromatic heterocycles.